The number of nitrogens with zero attached hydrogens (tertiary/aromatic N) is 2. The van der Waals surface area contributed by atoms with Crippen molar-refractivity contribution in [1.29, 1.82) is 0 Å². The van der Waals surface area contributed by atoms with Crippen LogP contribution in [0.4, 0.5) is 11.4 Å². The molecule has 1 aromatic rings. The number of ether oxygens (including phenoxy) is 1. The summed E-state index contributed by atoms with van der Waals surface area (Å²) in [4.78, 5) is 12.5. The number of hydrazine groups is 1. The molecule has 0 radical (unpaired) electrons. The summed E-state index contributed by atoms with van der Waals surface area (Å²) in [6.45, 7) is 2.41. The molecule has 3 N–H and O–H groups in total. The molecule has 0 aromatic heterocycles. The summed E-state index contributed by atoms with van der Waals surface area (Å²) in [5.74, 6) is 5.33. The molecule has 1 aliphatic rings. The Bertz CT molecular complexity index is 475. The molecule has 7 nitrogen and oxygen atoms in total. The van der Waals surface area contributed by atoms with Gasteiger partial charge >= 0.3 is 0 Å². The number of hydrogen-bond acceptors (Lipinski definition) is 6. The number of nitrogens with two attached hydrogens (primary N) is 1. The molecule has 0 bridgehead atoms. The highest BCUT2D eigenvalue weighted by atomic mass is 16.6. The van der Waals surface area contributed by atoms with Gasteiger partial charge in [-0.15, -0.1) is 0 Å². The van der Waals surface area contributed by atoms with E-state index in [-0.39, 0.29) is 5.69 Å². The Hall–Kier alpha value is -1.70. The Morgan fingerprint density at radius 2 is 2.40 bits per heavy atom. The molecule has 20 heavy (non-hydrogen) atoms. The minimum atomic E-state index is -0.449. The first-order valence-electron chi connectivity index (χ1n) is 6.64. The topological polar surface area (TPSA) is 93.7 Å². The lowest BCUT2D eigenvalue weighted by molar-refractivity contribution is -0.384. The number of anilines is 1. The highest BCUT2D eigenvalue weighted by Crippen LogP contribution is 2.25. The number of rotatable bonds is 6. The van der Waals surface area contributed by atoms with Gasteiger partial charge in [-0.25, -0.2) is 0 Å². The molecule has 1 saturated heterocycles. The fourth-order valence-corrected chi connectivity index (χ4v) is 2.47. The van der Waals surface area contributed by atoms with E-state index in [1.165, 1.54) is 6.07 Å². The lowest BCUT2D eigenvalue weighted by atomic mass is 10.1. The van der Waals surface area contributed by atoms with Gasteiger partial charge in [-0.05, 0) is 31.5 Å². The number of nitrogens with one attached hydrogen (secondary N) is 1. The monoisotopic (exact) mass is 280 g/mol. The molecular weight excluding hydrogens is 260 g/mol. The van der Waals surface area contributed by atoms with Crippen molar-refractivity contribution in [1.82, 2.24) is 4.90 Å². The average Bonchev–Trinajstić information content (AvgIpc) is 2.90. The number of nitro groups is 1. The molecule has 1 fully saturated rings. The van der Waals surface area contributed by atoms with Crippen LogP contribution in [0, 0.1) is 10.1 Å². The molecule has 0 amide bonds. The van der Waals surface area contributed by atoms with Gasteiger partial charge in [0.05, 0.1) is 11.0 Å². The summed E-state index contributed by atoms with van der Waals surface area (Å²) in [6, 6.07) is 4.94. The highest BCUT2D eigenvalue weighted by Gasteiger charge is 2.18. The Balaban J connectivity index is 1.99. The van der Waals surface area contributed by atoms with E-state index in [0.29, 0.717) is 18.3 Å². The third-order valence-electron chi connectivity index (χ3n) is 3.40. The second-order valence-electron chi connectivity index (χ2n) is 5.08. The predicted octanol–water partition coefficient (Wildman–Crippen LogP) is 1.49. The van der Waals surface area contributed by atoms with E-state index in [4.69, 9.17) is 10.6 Å². The van der Waals surface area contributed by atoms with E-state index in [9.17, 15) is 10.1 Å². The van der Waals surface area contributed by atoms with Crippen LogP contribution in [0.5, 0.6) is 0 Å². The predicted molar refractivity (Wildman–Crippen MR) is 76.2 cm³/mol. The van der Waals surface area contributed by atoms with Crippen molar-refractivity contribution < 1.29 is 9.66 Å². The normalized spacial score (nSPS) is 18.4. The average molecular weight is 280 g/mol. The second-order valence-corrected chi connectivity index (χ2v) is 5.08. The molecule has 1 aromatic carbocycles. The number of benzene rings is 1. The molecule has 110 valence electrons. The summed E-state index contributed by atoms with van der Waals surface area (Å²) < 4.78 is 5.59. The third kappa shape index (κ3) is 3.66. The van der Waals surface area contributed by atoms with E-state index in [2.05, 4.69) is 10.3 Å². The van der Waals surface area contributed by atoms with Crippen LogP contribution in [0.3, 0.4) is 0 Å². The van der Waals surface area contributed by atoms with Crippen molar-refractivity contribution in [3.63, 3.8) is 0 Å². The smallest absolute Gasteiger partial charge is 0.293 e. The van der Waals surface area contributed by atoms with Gasteiger partial charge < -0.3 is 10.2 Å². The van der Waals surface area contributed by atoms with Gasteiger partial charge in [0.15, 0.2) is 0 Å². The largest absolute Gasteiger partial charge is 0.377 e. The molecule has 0 saturated carbocycles. The molecule has 7 heteroatoms. The Labute approximate surface area is 117 Å². The van der Waals surface area contributed by atoms with Crippen molar-refractivity contribution in [2.24, 2.45) is 5.84 Å². The number of likely N-dealkylation sites (N-methyl/N-ethyl adjacent to an activating group) is 1. The quantitative estimate of drug-likeness (QED) is 0.466. The first-order chi connectivity index (χ1) is 9.60. The number of nitrogen functional groups attached to an aromatic ring is 1. The molecule has 2 rings (SSSR count). The van der Waals surface area contributed by atoms with Gasteiger partial charge in [0.2, 0.25) is 0 Å². The zero-order chi connectivity index (χ0) is 14.5. The van der Waals surface area contributed by atoms with E-state index >= 15 is 0 Å². The Kier molecular flexibility index (Phi) is 4.89. The zero-order valence-electron chi connectivity index (χ0n) is 11.5. The first-order valence-corrected chi connectivity index (χ1v) is 6.64. The molecule has 0 spiro atoms. The van der Waals surface area contributed by atoms with Crippen LogP contribution in [-0.4, -0.2) is 36.1 Å². The second kappa shape index (κ2) is 6.65. The minimum Gasteiger partial charge on any atom is -0.377 e. The molecule has 1 aliphatic heterocycles. The summed E-state index contributed by atoms with van der Waals surface area (Å²) in [7, 11) is 2.01. The first kappa shape index (κ1) is 14.7. The Morgan fingerprint density at radius 3 is 3.00 bits per heavy atom. The number of hydrogen-bond donors (Lipinski definition) is 2. The van der Waals surface area contributed by atoms with Gasteiger partial charge in [0, 0.05) is 25.8 Å². The maximum atomic E-state index is 10.8. The van der Waals surface area contributed by atoms with Crippen molar-refractivity contribution in [3.8, 4) is 0 Å². The van der Waals surface area contributed by atoms with Crippen LogP contribution in [0.25, 0.3) is 0 Å². The van der Waals surface area contributed by atoms with E-state index in [1.807, 2.05) is 7.05 Å². The molecule has 1 heterocycles. The standard InChI is InChI=1S/C13H20N4O3/c1-16(9-11-3-2-6-20-11)8-10-4-5-13(17(18)19)12(7-10)15-14/h4-5,7,11,15H,2-3,6,8-9,14H2,1H3. The summed E-state index contributed by atoms with van der Waals surface area (Å²) in [5, 5.41) is 10.8. The van der Waals surface area contributed by atoms with Crippen LogP contribution < -0.4 is 11.3 Å². The van der Waals surface area contributed by atoms with Crippen LogP contribution >= 0.6 is 0 Å². The Morgan fingerprint density at radius 1 is 1.60 bits per heavy atom. The van der Waals surface area contributed by atoms with Gasteiger partial charge in [-0.3, -0.25) is 20.9 Å². The third-order valence-corrected chi connectivity index (χ3v) is 3.40. The summed E-state index contributed by atoms with van der Waals surface area (Å²) in [5.41, 5.74) is 3.67. The van der Waals surface area contributed by atoms with Gasteiger partial charge in [-0.2, -0.15) is 0 Å². The van der Waals surface area contributed by atoms with E-state index in [0.717, 1.165) is 31.6 Å². The number of nitro benzene ring substituents is 1. The van der Waals surface area contributed by atoms with Crippen LogP contribution in [0.1, 0.15) is 18.4 Å². The van der Waals surface area contributed by atoms with Crippen LogP contribution in [0.15, 0.2) is 18.2 Å². The van der Waals surface area contributed by atoms with Crippen molar-refractivity contribution >= 4 is 11.4 Å². The van der Waals surface area contributed by atoms with Crippen molar-refractivity contribution in [3.05, 3.63) is 33.9 Å². The molecule has 1 unspecified atom stereocenters. The van der Waals surface area contributed by atoms with Gasteiger partial charge in [-0.1, -0.05) is 6.07 Å². The highest BCUT2D eigenvalue weighted by molar-refractivity contribution is 5.62. The van der Waals surface area contributed by atoms with E-state index < -0.39 is 4.92 Å². The maximum absolute atomic E-state index is 10.8. The van der Waals surface area contributed by atoms with Gasteiger partial charge in [0.1, 0.15) is 5.69 Å². The maximum Gasteiger partial charge on any atom is 0.293 e. The fraction of sp³-hybridized carbons (Fsp3) is 0.538. The van der Waals surface area contributed by atoms with Crippen LogP contribution in [-0.2, 0) is 11.3 Å². The minimum absolute atomic E-state index is 0.0157. The molecular formula is C13H20N4O3. The lowest BCUT2D eigenvalue weighted by Gasteiger charge is -2.20. The lowest BCUT2D eigenvalue weighted by Crippen LogP contribution is -2.28. The van der Waals surface area contributed by atoms with Crippen molar-refractivity contribution in [2.75, 3.05) is 25.6 Å². The molecule has 0 aliphatic carbocycles. The summed E-state index contributed by atoms with van der Waals surface area (Å²) in [6.07, 6.45) is 2.52. The summed E-state index contributed by atoms with van der Waals surface area (Å²) >= 11 is 0. The molecule has 1 atom stereocenters. The zero-order valence-corrected chi connectivity index (χ0v) is 11.5. The fourth-order valence-electron chi connectivity index (χ4n) is 2.47. The van der Waals surface area contributed by atoms with E-state index in [1.54, 1.807) is 12.1 Å². The van der Waals surface area contributed by atoms with Crippen LogP contribution in [0.2, 0.25) is 0 Å². The van der Waals surface area contributed by atoms with Crippen molar-refractivity contribution in [2.45, 2.75) is 25.5 Å². The van der Waals surface area contributed by atoms with Gasteiger partial charge in [0.25, 0.3) is 5.69 Å². The SMILES string of the molecule is CN(Cc1ccc([N+](=O)[O-])c(NN)c1)CC1CCCO1.